The predicted octanol–water partition coefficient (Wildman–Crippen LogP) is 1.58. The highest BCUT2D eigenvalue weighted by Crippen LogP contribution is 2.19. The Morgan fingerprint density at radius 1 is 0.920 bits per heavy atom. The molecule has 1 atom stereocenters. The van der Waals surface area contributed by atoms with Crippen molar-refractivity contribution in [2.75, 3.05) is 19.6 Å². The Balaban J connectivity index is 1.74. The van der Waals surface area contributed by atoms with Crippen LogP contribution in [0.2, 0.25) is 0 Å². The van der Waals surface area contributed by atoms with Gasteiger partial charge in [-0.05, 0) is 43.5 Å². The number of likely N-dealkylation sites (tertiary alicyclic amines) is 1. The third kappa shape index (κ3) is 3.20. The van der Waals surface area contributed by atoms with Gasteiger partial charge in [0.2, 0.25) is 0 Å². The van der Waals surface area contributed by atoms with Crippen molar-refractivity contribution in [3.05, 3.63) is 58.8 Å². The van der Waals surface area contributed by atoms with Gasteiger partial charge >= 0.3 is 0 Å². The van der Waals surface area contributed by atoms with Gasteiger partial charge in [-0.2, -0.15) is 0 Å². The fraction of sp³-hybridized carbons (Fsp3) is 0.381. The van der Waals surface area contributed by atoms with Crippen molar-refractivity contribution >= 4 is 21.8 Å². The zero-order chi connectivity index (χ0) is 17.2. The Labute approximate surface area is 147 Å². The lowest BCUT2D eigenvalue weighted by molar-refractivity contribution is -0.908. The molecule has 1 aliphatic heterocycles. The molecule has 0 radical (unpaired) electrons. The van der Waals surface area contributed by atoms with Crippen LogP contribution >= 0.6 is 0 Å². The van der Waals surface area contributed by atoms with Crippen molar-refractivity contribution in [2.24, 2.45) is 0 Å². The van der Waals surface area contributed by atoms with Crippen LogP contribution < -0.4 is 10.3 Å². The zero-order valence-corrected chi connectivity index (χ0v) is 14.4. The molecular weight excluding hydrogens is 312 g/mol. The molecule has 3 aromatic rings. The number of piperidine rings is 1. The number of nitrogens with one attached hydrogen (secondary N) is 1. The molecule has 1 saturated heterocycles. The molecule has 1 aliphatic rings. The van der Waals surface area contributed by atoms with Crippen LogP contribution in [0.3, 0.4) is 0 Å². The highest BCUT2D eigenvalue weighted by Gasteiger charge is 2.19. The van der Waals surface area contributed by atoms with Gasteiger partial charge in [-0.3, -0.25) is 4.79 Å². The fourth-order valence-corrected chi connectivity index (χ4v) is 4.14. The second-order valence-corrected chi connectivity index (χ2v) is 7.14. The first-order valence-electron chi connectivity index (χ1n) is 9.26. The number of benzene rings is 2. The van der Waals surface area contributed by atoms with Crippen LogP contribution in [0.1, 0.15) is 19.3 Å². The quantitative estimate of drug-likeness (QED) is 0.710. The monoisotopic (exact) mass is 337 g/mol. The summed E-state index contributed by atoms with van der Waals surface area (Å²) in [6.45, 7) is 3.60. The molecule has 0 unspecified atom stereocenters. The summed E-state index contributed by atoms with van der Waals surface area (Å²) < 4.78 is 2.11. The summed E-state index contributed by atoms with van der Waals surface area (Å²) >= 11 is 0. The van der Waals surface area contributed by atoms with E-state index in [1.165, 1.54) is 24.2 Å². The summed E-state index contributed by atoms with van der Waals surface area (Å²) in [5, 5.41) is 12.2. The molecule has 0 spiro atoms. The number of fused-ring (bicyclic) bond motifs is 2. The number of hydrogen-bond acceptors (Lipinski definition) is 2. The molecule has 4 heteroatoms. The van der Waals surface area contributed by atoms with Crippen LogP contribution in [0.5, 0.6) is 0 Å². The minimum absolute atomic E-state index is 0.0681. The van der Waals surface area contributed by atoms with E-state index in [-0.39, 0.29) is 5.43 Å². The van der Waals surface area contributed by atoms with E-state index in [0.29, 0.717) is 6.54 Å². The van der Waals surface area contributed by atoms with Crippen LogP contribution in [0, 0.1) is 0 Å². The fourth-order valence-electron chi connectivity index (χ4n) is 4.14. The van der Waals surface area contributed by atoms with Crippen molar-refractivity contribution in [2.45, 2.75) is 31.9 Å². The number of para-hydroxylation sites is 2. The van der Waals surface area contributed by atoms with Crippen LogP contribution in [-0.4, -0.2) is 35.4 Å². The number of nitrogens with zero attached hydrogens (tertiary/aromatic N) is 1. The van der Waals surface area contributed by atoms with E-state index in [0.717, 1.165) is 41.4 Å². The lowest BCUT2D eigenvalue weighted by Gasteiger charge is -2.26. The normalized spacial score (nSPS) is 17.2. The van der Waals surface area contributed by atoms with Gasteiger partial charge in [0.25, 0.3) is 0 Å². The van der Waals surface area contributed by atoms with Crippen molar-refractivity contribution in [3.63, 3.8) is 0 Å². The largest absolute Gasteiger partial charge is 0.385 e. The molecule has 130 valence electrons. The topological polar surface area (TPSA) is 46.7 Å². The molecule has 25 heavy (non-hydrogen) atoms. The Morgan fingerprint density at radius 3 is 2.08 bits per heavy atom. The lowest BCUT2D eigenvalue weighted by Crippen LogP contribution is -3.13. The molecule has 1 fully saturated rings. The molecule has 0 amide bonds. The Bertz CT molecular complexity index is 881. The highest BCUT2D eigenvalue weighted by molar-refractivity contribution is 5.93. The average Bonchev–Trinajstić information content (AvgIpc) is 2.66. The molecule has 4 rings (SSSR count). The second-order valence-electron chi connectivity index (χ2n) is 7.14. The third-order valence-corrected chi connectivity index (χ3v) is 5.36. The summed E-state index contributed by atoms with van der Waals surface area (Å²) in [6.07, 6.45) is 3.41. The summed E-state index contributed by atoms with van der Waals surface area (Å²) in [5.74, 6) is 0. The van der Waals surface area contributed by atoms with Gasteiger partial charge in [-0.15, -0.1) is 0 Å². The first kappa shape index (κ1) is 16.3. The molecule has 1 aromatic heterocycles. The average molecular weight is 337 g/mol. The van der Waals surface area contributed by atoms with E-state index in [9.17, 15) is 9.90 Å². The standard InChI is InChI=1S/C21H24N2O2/c24-16(14-22-12-6-1-7-13-22)15-23-19-10-4-2-8-17(19)21(25)18-9-3-5-11-20(18)23/h2-5,8-11,16,24H,1,6-7,12-15H2/p+1/t16-/m1/s1. The molecule has 2 aromatic carbocycles. The molecular formula is C21H25N2O2+. The van der Waals surface area contributed by atoms with Crippen molar-refractivity contribution < 1.29 is 10.0 Å². The van der Waals surface area contributed by atoms with Gasteiger partial charge < -0.3 is 14.6 Å². The number of aliphatic hydroxyl groups is 1. The zero-order valence-electron chi connectivity index (χ0n) is 14.4. The minimum Gasteiger partial charge on any atom is -0.385 e. The molecule has 0 saturated carbocycles. The van der Waals surface area contributed by atoms with Crippen molar-refractivity contribution in [1.29, 1.82) is 0 Å². The van der Waals surface area contributed by atoms with Crippen LogP contribution in [0.25, 0.3) is 21.8 Å². The van der Waals surface area contributed by atoms with E-state index in [4.69, 9.17) is 0 Å². The second kappa shape index (κ2) is 6.98. The number of quaternary nitrogens is 1. The van der Waals surface area contributed by atoms with Crippen molar-refractivity contribution in [1.82, 2.24) is 4.57 Å². The van der Waals surface area contributed by atoms with Gasteiger partial charge in [-0.25, -0.2) is 0 Å². The van der Waals surface area contributed by atoms with E-state index < -0.39 is 6.10 Å². The predicted molar refractivity (Wildman–Crippen MR) is 101 cm³/mol. The van der Waals surface area contributed by atoms with Gasteiger partial charge in [0, 0.05) is 10.8 Å². The SMILES string of the molecule is O=c1c2ccccc2n(C[C@H](O)C[NH+]2CCCCC2)c2ccccc12. The molecule has 2 N–H and O–H groups in total. The van der Waals surface area contributed by atoms with Gasteiger partial charge in [0.1, 0.15) is 12.6 Å². The Kier molecular flexibility index (Phi) is 4.55. The summed E-state index contributed by atoms with van der Waals surface area (Å²) in [4.78, 5) is 14.3. The minimum atomic E-state index is -0.414. The number of aliphatic hydroxyl groups excluding tert-OH is 1. The van der Waals surface area contributed by atoms with Crippen molar-refractivity contribution in [3.8, 4) is 0 Å². The van der Waals surface area contributed by atoms with Gasteiger partial charge in [-0.1, -0.05) is 24.3 Å². The lowest BCUT2D eigenvalue weighted by atomic mass is 10.1. The Hall–Kier alpha value is -2.17. The maximum Gasteiger partial charge on any atom is 0.197 e. The van der Waals surface area contributed by atoms with E-state index >= 15 is 0 Å². The van der Waals surface area contributed by atoms with E-state index in [1.54, 1.807) is 0 Å². The third-order valence-electron chi connectivity index (χ3n) is 5.36. The maximum atomic E-state index is 12.8. The summed E-state index contributed by atoms with van der Waals surface area (Å²) in [6, 6.07) is 15.4. The van der Waals surface area contributed by atoms with E-state index in [2.05, 4.69) is 4.57 Å². The first-order valence-corrected chi connectivity index (χ1v) is 9.26. The molecule has 2 heterocycles. The number of aromatic nitrogens is 1. The number of rotatable bonds is 4. The van der Waals surface area contributed by atoms with E-state index in [1.807, 2.05) is 48.5 Å². The molecule has 0 aliphatic carbocycles. The van der Waals surface area contributed by atoms with Gasteiger partial charge in [0.15, 0.2) is 5.43 Å². The smallest absolute Gasteiger partial charge is 0.197 e. The Morgan fingerprint density at radius 2 is 1.48 bits per heavy atom. The maximum absolute atomic E-state index is 12.8. The van der Waals surface area contributed by atoms with Crippen LogP contribution in [-0.2, 0) is 6.54 Å². The number of pyridine rings is 1. The number of hydrogen-bond donors (Lipinski definition) is 2. The summed E-state index contributed by atoms with van der Waals surface area (Å²) in [5.41, 5.74) is 1.87. The molecule has 0 bridgehead atoms. The van der Waals surface area contributed by atoms with Crippen LogP contribution in [0.15, 0.2) is 53.3 Å². The first-order chi connectivity index (χ1) is 12.2. The summed E-state index contributed by atoms with van der Waals surface area (Å²) in [7, 11) is 0. The highest BCUT2D eigenvalue weighted by atomic mass is 16.3. The van der Waals surface area contributed by atoms with Gasteiger partial charge in [0.05, 0.1) is 30.7 Å². The molecule has 4 nitrogen and oxygen atoms in total. The van der Waals surface area contributed by atoms with Crippen LogP contribution in [0.4, 0.5) is 0 Å².